The first-order valence-corrected chi connectivity index (χ1v) is 10.6. The summed E-state index contributed by atoms with van der Waals surface area (Å²) < 4.78 is 11.6. The van der Waals surface area contributed by atoms with Gasteiger partial charge in [0.25, 0.3) is 0 Å². The summed E-state index contributed by atoms with van der Waals surface area (Å²) in [5.41, 5.74) is 8.48. The lowest BCUT2D eigenvalue weighted by Crippen LogP contribution is -2.09. The Hall–Kier alpha value is -3.79. The lowest BCUT2D eigenvalue weighted by molar-refractivity contribution is -0.111. The molecule has 0 atom stereocenters. The summed E-state index contributed by atoms with van der Waals surface area (Å²) >= 11 is 0. The topological polar surface area (TPSA) is 51.5 Å². The highest BCUT2D eigenvalue weighted by Crippen LogP contribution is 2.40. The molecule has 0 unspecified atom stereocenters. The molecule has 1 heterocycles. The second-order valence-electron chi connectivity index (χ2n) is 8.17. The Morgan fingerprint density at radius 1 is 1.00 bits per heavy atom. The SMILES string of the molecule is COc1c(/C(C)=C/C(=O)Nc2cc(C)cc(C)c2)cc2c(-c3ccccc3)coc2c1C. The van der Waals surface area contributed by atoms with Gasteiger partial charge in [0.05, 0.1) is 13.4 Å². The van der Waals surface area contributed by atoms with E-state index in [0.717, 1.165) is 55.6 Å². The Morgan fingerprint density at radius 2 is 1.69 bits per heavy atom. The smallest absolute Gasteiger partial charge is 0.248 e. The minimum absolute atomic E-state index is 0.178. The van der Waals surface area contributed by atoms with Crippen LogP contribution >= 0.6 is 0 Å². The first kappa shape index (κ1) is 21.4. The highest BCUT2D eigenvalue weighted by molar-refractivity contribution is 6.06. The molecule has 0 radical (unpaired) electrons. The molecule has 1 aromatic heterocycles. The number of benzene rings is 3. The number of fused-ring (bicyclic) bond motifs is 1. The van der Waals surface area contributed by atoms with Crippen LogP contribution in [0, 0.1) is 20.8 Å². The molecule has 32 heavy (non-hydrogen) atoms. The first-order valence-electron chi connectivity index (χ1n) is 10.6. The van der Waals surface area contributed by atoms with Crippen LogP contribution in [-0.4, -0.2) is 13.0 Å². The van der Waals surface area contributed by atoms with E-state index < -0.39 is 0 Å². The maximum absolute atomic E-state index is 12.8. The van der Waals surface area contributed by atoms with Gasteiger partial charge in [0.1, 0.15) is 11.3 Å². The highest BCUT2D eigenvalue weighted by Gasteiger charge is 2.18. The number of hydrogen-bond acceptors (Lipinski definition) is 3. The van der Waals surface area contributed by atoms with E-state index in [2.05, 4.69) is 23.5 Å². The van der Waals surface area contributed by atoms with E-state index in [9.17, 15) is 4.79 Å². The van der Waals surface area contributed by atoms with Gasteiger partial charge >= 0.3 is 0 Å². The predicted molar refractivity (Wildman–Crippen MR) is 131 cm³/mol. The van der Waals surface area contributed by atoms with Crippen LogP contribution in [0.3, 0.4) is 0 Å². The lowest BCUT2D eigenvalue weighted by Gasteiger charge is -2.13. The van der Waals surface area contributed by atoms with Gasteiger partial charge < -0.3 is 14.5 Å². The van der Waals surface area contributed by atoms with E-state index in [1.165, 1.54) is 0 Å². The van der Waals surface area contributed by atoms with Gasteiger partial charge in [-0.1, -0.05) is 36.4 Å². The van der Waals surface area contributed by atoms with Gasteiger partial charge in [-0.2, -0.15) is 0 Å². The molecule has 0 fully saturated rings. The number of amides is 1. The van der Waals surface area contributed by atoms with Crippen molar-refractivity contribution in [2.45, 2.75) is 27.7 Å². The third kappa shape index (κ3) is 4.17. The molecule has 4 nitrogen and oxygen atoms in total. The van der Waals surface area contributed by atoms with Gasteiger partial charge in [0.15, 0.2) is 0 Å². The molecule has 0 aliphatic rings. The molecular weight excluding hydrogens is 398 g/mol. The van der Waals surface area contributed by atoms with Crippen LogP contribution in [0.5, 0.6) is 5.75 Å². The van der Waals surface area contributed by atoms with Crippen LogP contribution in [0.2, 0.25) is 0 Å². The zero-order valence-electron chi connectivity index (χ0n) is 19.1. The molecule has 0 bridgehead atoms. The fraction of sp³-hybridized carbons (Fsp3) is 0.179. The van der Waals surface area contributed by atoms with Crippen molar-refractivity contribution in [3.8, 4) is 16.9 Å². The minimum Gasteiger partial charge on any atom is -0.496 e. The molecular formula is C28H27NO3. The average Bonchev–Trinajstić information content (AvgIpc) is 3.17. The number of nitrogens with one attached hydrogen (secondary N) is 1. The number of hydrogen-bond donors (Lipinski definition) is 1. The fourth-order valence-corrected chi connectivity index (χ4v) is 4.21. The summed E-state index contributed by atoms with van der Waals surface area (Å²) in [6.45, 7) is 7.93. The summed E-state index contributed by atoms with van der Waals surface area (Å²) in [5, 5.41) is 3.96. The summed E-state index contributed by atoms with van der Waals surface area (Å²) in [5.74, 6) is 0.530. The summed E-state index contributed by atoms with van der Waals surface area (Å²) in [6, 6.07) is 18.2. The summed E-state index contributed by atoms with van der Waals surface area (Å²) in [7, 11) is 1.64. The van der Waals surface area contributed by atoms with Crippen molar-refractivity contribution in [3.63, 3.8) is 0 Å². The van der Waals surface area contributed by atoms with Crippen LogP contribution < -0.4 is 10.1 Å². The minimum atomic E-state index is -0.178. The Labute approximate surface area is 188 Å². The normalized spacial score (nSPS) is 11.6. The van der Waals surface area contributed by atoms with Crippen LogP contribution in [-0.2, 0) is 4.79 Å². The number of carbonyl (C=O) groups excluding carboxylic acids is 1. The lowest BCUT2D eigenvalue weighted by atomic mass is 9.96. The molecule has 1 N–H and O–H groups in total. The van der Waals surface area contributed by atoms with Crippen molar-refractivity contribution >= 4 is 28.1 Å². The molecule has 4 aromatic rings. The van der Waals surface area contributed by atoms with Crippen molar-refractivity contribution in [2.24, 2.45) is 0 Å². The number of ether oxygens (including phenoxy) is 1. The number of aryl methyl sites for hydroxylation is 3. The number of rotatable bonds is 5. The Balaban J connectivity index is 1.75. The van der Waals surface area contributed by atoms with E-state index >= 15 is 0 Å². The van der Waals surface area contributed by atoms with Crippen LogP contribution in [0.1, 0.15) is 29.2 Å². The summed E-state index contributed by atoms with van der Waals surface area (Å²) in [4.78, 5) is 12.8. The Bertz CT molecular complexity index is 1310. The second kappa shape index (κ2) is 8.75. The molecule has 162 valence electrons. The molecule has 0 saturated carbocycles. The van der Waals surface area contributed by atoms with Crippen LogP contribution in [0.15, 0.2) is 71.4 Å². The maximum Gasteiger partial charge on any atom is 0.248 e. The highest BCUT2D eigenvalue weighted by atomic mass is 16.5. The van der Waals surface area contributed by atoms with Gasteiger partial charge in [0, 0.05) is 33.8 Å². The molecule has 0 saturated heterocycles. The number of anilines is 1. The third-order valence-electron chi connectivity index (χ3n) is 5.59. The van der Waals surface area contributed by atoms with Gasteiger partial charge in [-0.05, 0) is 68.2 Å². The third-order valence-corrected chi connectivity index (χ3v) is 5.59. The van der Waals surface area contributed by atoms with E-state index in [1.54, 1.807) is 19.4 Å². The van der Waals surface area contributed by atoms with Gasteiger partial charge in [-0.15, -0.1) is 0 Å². The van der Waals surface area contributed by atoms with Crippen molar-refractivity contribution < 1.29 is 13.9 Å². The monoisotopic (exact) mass is 425 g/mol. The fourth-order valence-electron chi connectivity index (χ4n) is 4.21. The number of methoxy groups -OCH3 is 1. The first-order chi connectivity index (χ1) is 15.4. The zero-order valence-corrected chi connectivity index (χ0v) is 19.1. The largest absolute Gasteiger partial charge is 0.496 e. The predicted octanol–water partition coefficient (Wildman–Crippen LogP) is 7.08. The molecule has 1 amide bonds. The standard InChI is InChI=1S/C28H27NO3/c1-17-11-18(2)13-22(12-17)29-26(30)14-19(3)23-15-24-25(21-9-7-6-8-10-21)16-32-28(24)20(4)27(23)31-5/h6-16H,1-5H3,(H,29,30)/b19-14+. The molecule has 4 heteroatoms. The Morgan fingerprint density at radius 3 is 2.34 bits per heavy atom. The Kier molecular flexibility index (Phi) is 5.87. The molecule has 0 aliphatic heterocycles. The number of carbonyl (C=O) groups is 1. The summed E-state index contributed by atoms with van der Waals surface area (Å²) in [6.07, 6.45) is 3.39. The number of furan rings is 1. The van der Waals surface area contributed by atoms with Crippen molar-refractivity contribution in [2.75, 3.05) is 12.4 Å². The van der Waals surface area contributed by atoms with Crippen LogP contribution in [0.4, 0.5) is 5.69 Å². The van der Waals surface area contributed by atoms with Crippen molar-refractivity contribution in [1.29, 1.82) is 0 Å². The average molecular weight is 426 g/mol. The van der Waals surface area contributed by atoms with Crippen molar-refractivity contribution in [3.05, 3.63) is 89.2 Å². The molecule has 0 aliphatic carbocycles. The van der Waals surface area contributed by atoms with Gasteiger partial charge in [-0.3, -0.25) is 4.79 Å². The molecule has 4 rings (SSSR count). The zero-order chi connectivity index (χ0) is 22.8. The van der Waals surface area contributed by atoms with Gasteiger partial charge in [0.2, 0.25) is 5.91 Å². The van der Waals surface area contributed by atoms with Crippen LogP contribution in [0.25, 0.3) is 27.7 Å². The second-order valence-corrected chi connectivity index (χ2v) is 8.17. The maximum atomic E-state index is 12.8. The molecule has 0 spiro atoms. The van der Waals surface area contributed by atoms with E-state index in [0.29, 0.717) is 5.75 Å². The van der Waals surface area contributed by atoms with E-state index in [4.69, 9.17) is 9.15 Å². The van der Waals surface area contributed by atoms with E-state index in [1.807, 2.05) is 64.1 Å². The van der Waals surface area contributed by atoms with E-state index in [-0.39, 0.29) is 5.91 Å². The van der Waals surface area contributed by atoms with Crippen molar-refractivity contribution in [1.82, 2.24) is 0 Å². The molecule has 3 aromatic carbocycles. The number of allylic oxidation sites excluding steroid dienone is 1. The van der Waals surface area contributed by atoms with Gasteiger partial charge in [-0.25, -0.2) is 0 Å². The quantitative estimate of drug-likeness (QED) is 0.348.